The maximum absolute atomic E-state index is 9.93. The van der Waals surface area contributed by atoms with Crippen molar-refractivity contribution in [3.8, 4) is 5.75 Å². The molecule has 1 aliphatic heterocycles. The average Bonchev–Trinajstić information content (AvgIpc) is 2.56. The monoisotopic (exact) mass is 329 g/mol. The lowest BCUT2D eigenvalue weighted by Crippen LogP contribution is -2.58. The molecule has 24 heavy (non-hydrogen) atoms. The van der Waals surface area contributed by atoms with Crippen LogP contribution in [0.4, 0.5) is 0 Å². The highest BCUT2D eigenvalue weighted by atomic mass is 16.3. The number of fused-ring (bicyclic) bond motifs is 4. The zero-order chi connectivity index (χ0) is 17.2. The van der Waals surface area contributed by atoms with E-state index < -0.39 is 0 Å². The number of phenolic OH excluding ortho intramolecular Hbond substituents is 1. The Hall–Kier alpha value is -1.02. The van der Waals surface area contributed by atoms with Crippen LogP contribution in [0, 0.1) is 5.92 Å². The minimum absolute atomic E-state index is 0.231. The van der Waals surface area contributed by atoms with E-state index in [0.717, 1.165) is 6.42 Å². The Morgan fingerprint density at radius 3 is 2.71 bits per heavy atom. The maximum atomic E-state index is 9.93. The first-order chi connectivity index (χ1) is 11.6. The molecule has 2 nitrogen and oxygen atoms in total. The topological polar surface area (TPSA) is 23.5 Å². The lowest BCUT2D eigenvalue weighted by atomic mass is 9.59. The van der Waals surface area contributed by atoms with Gasteiger partial charge in [-0.05, 0) is 66.9 Å². The number of nitrogens with zero attached hydrogens (tertiary/aromatic N) is 1. The van der Waals surface area contributed by atoms with Gasteiger partial charge in [0.1, 0.15) is 5.75 Å². The zero-order valence-corrected chi connectivity index (χ0v) is 15.9. The first kappa shape index (κ1) is 17.8. The molecule has 1 aromatic carbocycles. The van der Waals surface area contributed by atoms with Crippen LogP contribution >= 0.6 is 0 Å². The first-order valence-electron chi connectivity index (χ1n) is 10.1. The molecular weight excluding hydrogens is 294 g/mol. The number of likely N-dealkylation sites (tertiary alicyclic amines) is 1. The van der Waals surface area contributed by atoms with E-state index in [-0.39, 0.29) is 5.41 Å². The third-order valence-electron chi connectivity index (χ3n) is 6.91. The molecule has 1 fully saturated rings. The molecule has 0 spiro atoms. The fraction of sp³-hybridized carbons (Fsp3) is 0.727. The standard InChI is InChI=1S/C22H35NO/c1-4-5-6-7-8-9-13-23-14-12-22(3)17(2)21(23)15-18-10-11-19(24)16-20(18)22/h10-11,16-17,21,24H,4-9,12-15H2,1-3H3/t17-,21+,22+/m0/s1. The van der Waals surface area contributed by atoms with E-state index in [2.05, 4.69) is 31.7 Å². The molecule has 0 radical (unpaired) electrons. The molecule has 1 saturated heterocycles. The van der Waals surface area contributed by atoms with Gasteiger partial charge >= 0.3 is 0 Å². The van der Waals surface area contributed by atoms with Crippen molar-refractivity contribution in [2.24, 2.45) is 5.92 Å². The number of piperidine rings is 1. The maximum Gasteiger partial charge on any atom is 0.115 e. The van der Waals surface area contributed by atoms with E-state index in [9.17, 15) is 5.11 Å². The average molecular weight is 330 g/mol. The smallest absolute Gasteiger partial charge is 0.115 e. The molecule has 2 bridgehead atoms. The quantitative estimate of drug-likeness (QED) is 0.688. The summed E-state index contributed by atoms with van der Waals surface area (Å²) in [5, 5.41) is 9.93. The van der Waals surface area contributed by atoms with Gasteiger partial charge in [0.2, 0.25) is 0 Å². The molecule has 134 valence electrons. The van der Waals surface area contributed by atoms with Gasteiger partial charge in [-0.3, -0.25) is 4.90 Å². The van der Waals surface area contributed by atoms with Crippen molar-refractivity contribution >= 4 is 0 Å². The van der Waals surface area contributed by atoms with Crippen LogP contribution in [0.1, 0.15) is 76.8 Å². The molecule has 2 heteroatoms. The van der Waals surface area contributed by atoms with E-state index in [1.165, 1.54) is 69.2 Å². The molecule has 3 rings (SSSR count). The molecule has 0 amide bonds. The van der Waals surface area contributed by atoms with Crippen LogP contribution in [0.5, 0.6) is 5.75 Å². The molecule has 0 aromatic heterocycles. The Bertz CT molecular complexity index is 555. The summed E-state index contributed by atoms with van der Waals surface area (Å²) < 4.78 is 0. The van der Waals surface area contributed by atoms with Crippen LogP contribution < -0.4 is 0 Å². The minimum atomic E-state index is 0.231. The van der Waals surface area contributed by atoms with Crippen molar-refractivity contribution < 1.29 is 5.11 Å². The number of phenols is 1. The molecule has 1 aromatic rings. The van der Waals surface area contributed by atoms with Crippen LogP contribution in [-0.4, -0.2) is 29.1 Å². The Labute approximate surface area is 148 Å². The molecule has 1 aliphatic carbocycles. The van der Waals surface area contributed by atoms with Gasteiger partial charge < -0.3 is 5.11 Å². The summed E-state index contributed by atoms with van der Waals surface area (Å²) in [7, 11) is 0. The van der Waals surface area contributed by atoms with Gasteiger partial charge in [0.15, 0.2) is 0 Å². The third kappa shape index (κ3) is 3.35. The van der Waals surface area contributed by atoms with Crippen molar-refractivity contribution in [3.05, 3.63) is 29.3 Å². The van der Waals surface area contributed by atoms with Crippen LogP contribution in [0.2, 0.25) is 0 Å². The van der Waals surface area contributed by atoms with Crippen LogP contribution in [0.3, 0.4) is 0 Å². The van der Waals surface area contributed by atoms with Gasteiger partial charge in [-0.15, -0.1) is 0 Å². The second-order valence-corrected chi connectivity index (χ2v) is 8.37. The fourth-order valence-corrected chi connectivity index (χ4v) is 5.07. The zero-order valence-electron chi connectivity index (χ0n) is 15.9. The van der Waals surface area contributed by atoms with E-state index in [0.29, 0.717) is 17.7 Å². The van der Waals surface area contributed by atoms with Crippen molar-refractivity contribution in [2.45, 2.75) is 83.6 Å². The predicted molar refractivity (Wildman–Crippen MR) is 102 cm³/mol. The number of hydrogen-bond acceptors (Lipinski definition) is 2. The summed E-state index contributed by atoms with van der Waals surface area (Å²) in [5.74, 6) is 1.09. The highest BCUT2D eigenvalue weighted by Gasteiger charge is 2.48. The lowest BCUT2D eigenvalue weighted by molar-refractivity contribution is 0.0302. The van der Waals surface area contributed by atoms with Crippen molar-refractivity contribution in [1.29, 1.82) is 0 Å². The van der Waals surface area contributed by atoms with Crippen LogP contribution in [0.25, 0.3) is 0 Å². The van der Waals surface area contributed by atoms with E-state index in [1.807, 2.05) is 12.1 Å². The summed E-state index contributed by atoms with van der Waals surface area (Å²) in [6, 6.07) is 6.74. The second-order valence-electron chi connectivity index (χ2n) is 8.37. The van der Waals surface area contributed by atoms with Gasteiger partial charge in [0.25, 0.3) is 0 Å². The van der Waals surface area contributed by atoms with Gasteiger partial charge in [0.05, 0.1) is 0 Å². The highest BCUT2D eigenvalue weighted by molar-refractivity contribution is 5.44. The largest absolute Gasteiger partial charge is 0.508 e. The summed E-state index contributed by atoms with van der Waals surface area (Å²) in [5.41, 5.74) is 3.10. The van der Waals surface area contributed by atoms with Gasteiger partial charge in [-0.25, -0.2) is 0 Å². The number of benzene rings is 1. The van der Waals surface area contributed by atoms with E-state index in [1.54, 1.807) is 0 Å². The highest BCUT2D eigenvalue weighted by Crippen LogP contribution is 2.49. The van der Waals surface area contributed by atoms with Crippen LogP contribution in [0.15, 0.2) is 18.2 Å². The Morgan fingerprint density at radius 1 is 1.17 bits per heavy atom. The lowest BCUT2D eigenvalue weighted by Gasteiger charge is -2.54. The third-order valence-corrected chi connectivity index (χ3v) is 6.91. The number of hydrogen-bond donors (Lipinski definition) is 1. The first-order valence-corrected chi connectivity index (χ1v) is 10.1. The van der Waals surface area contributed by atoms with Gasteiger partial charge in [-0.2, -0.15) is 0 Å². The number of aromatic hydroxyl groups is 1. The van der Waals surface area contributed by atoms with Crippen molar-refractivity contribution in [2.75, 3.05) is 13.1 Å². The molecule has 2 aliphatic rings. The molecule has 3 atom stereocenters. The summed E-state index contributed by atoms with van der Waals surface area (Å²) in [4.78, 5) is 2.77. The van der Waals surface area contributed by atoms with E-state index >= 15 is 0 Å². The predicted octanol–water partition coefficient (Wildman–Crippen LogP) is 5.28. The summed E-state index contributed by atoms with van der Waals surface area (Å²) in [6.07, 6.45) is 10.7. The van der Waals surface area contributed by atoms with E-state index in [4.69, 9.17) is 0 Å². The molecular formula is C22H35NO. The van der Waals surface area contributed by atoms with Crippen LogP contribution in [-0.2, 0) is 11.8 Å². The summed E-state index contributed by atoms with van der Waals surface area (Å²) >= 11 is 0. The molecule has 1 N–H and O–H groups in total. The molecule has 0 saturated carbocycles. The SMILES string of the molecule is CCCCCCCCN1CC[C@@]2(C)c3cc(O)ccc3C[C@@H]1[C@@H]2C. The normalized spacial score (nSPS) is 29.5. The number of rotatable bonds is 7. The van der Waals surface area contributed by atoms with Crippen molar-refractivity contribution in [1.82, 2.24) is 4.90 Å². The van der Waals surface area contributed by atoms with Gasteiger partial charge in [-0.1, -0.05) is 58.9 Å². The van der Waals surface area contributed by atoms with Crippen molar-refractivity contribution in [3.63, 3.8) is 0 Å². The fourth-order valence-electron chi connectivity index (χ4n) is 5.07. The minimum Gasteiger partial charge on any atom is -0.508 e. The Balaban J connectivity index is 1.64. The number of unbranched alkanes of at least 4 members (excludes halogenated alkanes) is 5. The van der Waals surface area contributed by atoms with Gasteiger partial charge in [0, 0.05) is 6.04 Å². The summed E-state index contributed by atoms with van der Waals surface area (Å²) in [6.45, 7) is 9.63. The Morgan fingerprint density at radius 2 is 1.92 bits per heavy atom. The second kappa shape index (κ2) is 7.47. The molecule has 1 heterocycles. The Kier molecular flexibility index (Phi) is 5.54. The molecule has 0 unspecified atom stereocenters.